The van der Waals surface area contributed by atoms with E-state index in [1.165, 1.54) is 0 Å². The Morgan fingerprint density at radius 3 is 3.00 bits per heavy atom. The lowest BCUT2D eigenvalue weighted by atomic mass is 10.0. The number of esters is 1. The van der Waals surface area contributed by atoms with Gasteiger partial charge in [0, 0.05) is 37.8 Å². The Kier molecular flexibility index (Phi) is 5.34. The number of nitrogens with zero attached hydrogens (tertiary/aromatic N) is 3. The Balaban J connectivity index is 2.14. The van der Waals surface area contributed by atoms with Crippen LogP contribution in [-0.2, 0) is 9.53 Å². The van der Waals surface area contributed by atoms with Gasteiger partial charge < -0.3 is 15.0 Å². The molecule has 1 aromatic rings. The van der Waals surface area contributed by atoms with Gasteiger partial charge in [0.15, 0.2) is 11.9 Å². The van der Waals surface area contributed by atoms with Gasteiger partial charge in [-0.05, 0) is 33.3 Å². The number of hydrogen-bond acceptors (Lipinski definition) is 6. The van der Waals surface area contributed by atoms with Crippen molar-refractivity contribution in [3.63, 3.8) is 0 Å². The first-order valence-corrected chi connectivity index (χ1v) is 7.95. The summed E-state index contributed by atoms with van der Waals surface area (Å²) in [6.07, 6.45) is 2.51. The summed E-state index contributed by atoms with van der Waals surface area (Å²) in [5, 5.41) is 3.40. The maximum Gasteiger partial charge on any atom is 0.306 e. The summed E-state index contributed by atoms with van der Waals surface area (Å²) in [5.41, 5.74) is -0.00794. The van der Waals surface area contributed by atoms with E-state index in [4.69, 9.17) is 4.74 Å². The largest absolute Gasteiger partial charge is 0.454 e. The highest BCUT2D eigenvalue weighted by Gasteiger charge is 2.31. The van der Waals surface area contributed by atoms with Crippen LogP contribution in [0.1, 0.15) is 52.5 Å². The molecule has 1 aliphatic rings. The van der Waals surface area contributed by atoms with E-state index in [9.17, 15) is 4.79 Å². The fourth-order valence-corrected chi connectivity index (χ4v) is 2.63. The van der Waals surface area contributed by atoms with Crippen LogP contribution in [-0.4, -0.2) is 41.1 Å². The van der Waals surface area contributed by atoms with Crippen molar-refractivity contribution in [2.75, 3.05) is 24.5 Å². The van der Waals surface area contributed by atoms with Crippen LogP contribution in [0.3, 0.4) is 0 Å². The number of aromatic nitrogens is 2. The molecule has 6 nitrogen and oxygen atoms in total. The zero-order valence-corrected chi connectivity index (χ0v) is 13.9. The number of rotatable bonds is 5. The van der Waals surface area contributed by atoms with Crippen LogP contribution in [0.2, 0.25) is 0 Å². The average Bonchev–Trinajstić information content (AvgIpc) is 2.47. The van der Waals surface area contributed by atoms with Crippen molar-refractivity contribution in [2.24, 2.45) is 0 Å². The molecule has 1 unspecified atom stereocenters. The quantitative estimate of drug-likeness (QED) is 0.840. The highest BCUT2D eigenvalue weighted by Crippen LogP contribution is 2.24. The van der Waals surface area contributed by atoms with Gasteiger partial charge in [-0.25, -0.2) is 9.97 Å². The van der Waals surface area contributed by atoms with Crippen molar-refractivity contribution in [3.8, 4) is 0 Å². The lowest BCUT2D eigenvalue weighted by Gasteiger charge is -2.43. The monoisotopic (exact) mass is 306 g/mol. The van der Waals surface area contributed by atoms with Crippen LogP contribution >= 0.6 is 0 Å². The number of carbonyl (C=O) groups is 1. The number of piperazine rings is 1. The van der Waals surface area contributed by atoms with Gasteiger partial charge >= 0.3 is 5.97 Å². The predicted molar refractivity (Wildman–Crippen MR) is 85.7 cm³/mol. The van der Waals surface area contributed by atoms with Gasteiger partial charge in [-0.1, -0.05) is 6.92 Å². The van der Waals surface area contributed by atoms with Crippen LogP contribution in [0.5, 0.6) is 0 Å². The maximum absolute atomic E-state index is 11.6. The summed E-state index contributed by atoms with van der Waals surface area (Å²) in [5.74, 6) is 1.23. The topological polar surface area (TPSA) is 67.3 Å². The van der Waals surface area contributed by atoms with Crippen LogP contribution in [0.4, 0.5) is 5.82 Å². The molecule has 0 aliphatic carbocycles. The molecule has 2 heterocycles. The average molecular weight is 306 g/mol. The van der Waals surface area contributed by atoms with Gasteiger partial charge in [0.2, 0.25) is 0 Å². The molecule has 1 aliphatic heterocycles. The smallest absolute Gasteiger partial charge is 0.306 e. The van der Waals surface area contributed by atoms with E-state index in [0.29, 0.717) is 12.2 Å². The minimum atomic E-state index is -0.426. The second-order valence-electron chi connectivity index (χ2n) is 6.30. The minimum Gasteiger partial charge on any atom is -0.454 e. The summed E-state index contributed by atoms with van der Waals surface area (Å²) in [4.78, 5) is 22.8. The van der Waals surface area contributed by atoms with E-state index in [1.54, 1.807) is 6.20 Å². The van der Waals surface area contributed by atoms with Gasteiger partial charge in [-0.2, -0.15) is 0 Å². The number of anilines is 1. The van der Waals surface area contributed by atoms with Crippen molar-refractivity contribution >= 4 is 11.8 Å². The zero-order valence-electron chi connectivity index (χ0n) is 13.9. The van der Waals surface area contributed by atoms with Crippen LogP contribution in [0.15, 0.2) is 12.3 Å². The van der Waals surface area contributed by atoms with E-state index >= 15 is 0 Å². The molecule has 0 saturated carbocycles. The normalized spacial score (nSPS) is 18.8. The summed E-state index contributed by atoms with van der Waals surface area (Å²) < 4.78 is 5.38. The molecule has 0 radical (unpaired) electrons. The molecule has 2 rings (SSSR count). The lowest BCUT2D eigenvalue weighted by molar-refractivity contribution is -0.149. The fourth-order valence-electron chi connectivity index (χ4n) is 2.63. The van der Waals surface area contributed by atoms with Crippen LogP contribution in [0.25, 0.3) is 0 Å². The molecule has 0 aromatic carbocycles. The Morgan fingerprint density at radius 2 is 2.32 bits per heavy atom. The molecule has 0 spiro atoms. The molecular formula is C16H26N4O2. The molecule has 1 aromatic heterocycles. The Hall–Kier alpha value is -1.69. The Morgan fingerprint density at radius 1 is 1.55 bits per heavy atom. The second kappa shape index (κ2) is 7.05. The standard InChI is InChI=1S/C16H26N4O2/c1-5-6-14(21)22-12(2)15-18-8-7-13(19-15)20-10-9-17-11-16(20,3)4/h7-8,12,17H,5-6,9-11H2,1-4H3. The first-order valence-electron chi connectivity index (χ1n) is 7.95. The van der Waals surface area contributed by atoms with Gasteiger partial charge in [-0.3, -0.25) is 4.79 Å². The first-order chi connectivity index (χ1) is 10.4. The van der Waals surface area contributed by atoms with Crippen molar-refractivity contribution in [1.29, 1.82) is 0 Å². The fraction of sp³-hybridized carbons (Fsp3) is 0.688. The summed E-state index contributed by atoms with van der Waals surface area (Å²) in [6, 6.07) is 1.91. The predicted octanol–water partition coefficient (Wildman–Crippen LogP) is 2.07. The van der Waals surface area contributed by atoms with Gasteiger partial charge in [0.25, 0.3) is 0 Å². The van der Waals surface area contributed by atoms with Crippen molar-refractivity contribution in [1.82, 2.24) is 15.3 Å². The van der Waals surface area contributed by atoms with E-state index in [2.05, 4.69) is 34.0 Å². The summed E-state index contributed by atoms with van der Waals surface area (Å²) in [6.45, 7) is 10.9. The zero-order chi connectivity index (χ0) is 16.2. The molecule has 122 valence electrons. The van der Waals surface area contributed by atoms with Crippen LogP contribution in [0, 0.1) is 0 Å². The highest BCUT2D eigenvalue weighted by atomic mass is 16.5. The molecule has 0 amide bonds. The molecule has 1 N–H and O–H groups in total. The Bertz CT molecular complexity index is 519. The van der Waals surface area contributed by atoms with E-state index < -0.39 is 6.10 Å². The SMILES string of the molecule is CCCC(=O)OC(C)c1nccc(N2CCNCC2(C)C)n1. The molecule has 22 heavy (non-hydrogen) atoms. The molecule has 6 heteroatoms. The van der Waals surface area contributed by atoms with Gasteiger partial charge in [0.1, 0.15) is 5.82 Å². The third kappa shape index (κ3) is 3.94. The van der Waals surface area contributed by atoms with E-state index in [-0.39, 0.29) is 11.5 Å². The van der Waals surface area contributed by atoms with Crippen molar-refractivity contribution in [2.45, 2.75) is 52.2 Å². The third-order valence-corrected chi connectivity index (χ3v) is 3.86. The van der Waals surface area contributed by atoms with Crippen molar-refractivity contribution < 1.29 is 9.53 Å². The van der Waals surface area contributed by atoms with Crippen molar-refractivity contribution in [3.05, 3.63) is 18.1 Å². The number of ether oxygens (including phenoxy) is 1. The third-order valence-electron chi connectivity index (χ3n) is 3.86. The minimum absolute atomic E-state index is 0.00794. The van der Waals surface area contributed by atoms with E-state index in [1.807, 2.05) is 19.9 Å². The molecule has 1 saturated heterocycles. The highest BCUT2D eigenvalue weighted by molar-refractivity contribution is 5.69. The van der Waals surface area contributed by atoms with Gasteiger partial charge in [0.05, 0.1) is 0 Å². The number of carbonyl (C=O) groups excluding carboxylic acids is 1. The first kappa shape index (κ1) is 16.7. The summed E-state index contributed by atoms with van der Waals surface area (Å²) in [7, 11) is 0. The maximum atomic E-state index is 11.6. The van der Waals surface area contributed by atoms with E-state index in [0.717, 1.165) is 31.9 Å². The molecular weight excluding hydrogens is 280 g/mol. The second-order valence-corrected chi connectivity index (χ2v) is 6.30. The lowest BCUT2D eigenvalue weighted by Crippen LogP contribution is -2.58. The Labute approximate surface area is 132 Å². The molecule has 0 bridgehead atoms. The van der Waals surface area contributed by atoms with Gasteiger partial charge in [-0.15, -0.1) is 0 Å². The molecule has 1 atom stereocenters. The molecule has 1 fully saturated rings. The van der Waals surface area contributed by atoms with Crippen LogP contribution < -0.4 is 10.2 Å². The summed E-state index contributed by atoms with van der Waals surface area (Å²) >= 11 is 0. The number of nitrogens with one attached hydrogen (secondary N) is 1. The number of hydrogen-bond donors (Lipinski definition) is 1.